The molecule has 2 fully saturated rings. The predicted molar refractivity (Wildman–Crippen MR) is 140 cm³/mol. The van der Waals surface area contributed by atoms with Gasteiger partial charge in [-0.3, -0.25) is 9.89 Å². The summed E-state index contributed by atoms with van der Waals surface area (Å²) in [4.78, 5) is 9.85. The minimum absolute atomic E-state index is 0. The van der Waals surface area contributed by atoms with Crippen LogP contribution in [0.2, 0.25) is 0 Å². The van der Waals surface area contributed by atoms with Gasteiger partial charge in [0.1, 0.15) is 0 Å². The molecule has 2 heterocycles. The molecule has 0 aromatic heterocycles. The van der Waals surface area contributed by atoms with Crippen LogP contribution in [0.1, 0.15) is 57.6 Å². The van der Waals surface area contributed by atoms with Crippen LogP contribution in [0.15, 0.2) is 35.3 Å². The van der Waals surface area contributed by atoms with Gasteiger partial charge in [-0.2, -0.15) is 0 Å². The van der Waals surface area contributed by atoms with Crippen LogP contribution in [0.4, 0.5) is 0 Å². The molecule has 0 spiro atoms. The van der Waals surface area contributed by atoms with Crippen molar-refractivity contribution in [3.8, 4) is 0 Å². The van der Waals surface area contributed by atoms with Crippen LogP contribution in [0.5, 0.6) is 0 Å². The maximum Gasteiger partial charge on any atom is 0.191 e. The standard InChI is InChI=1S/C24H41N5O.HI/c1-3-25-24(26-14-7-15-28-16-12-23(30)13-17-28)27-22-10-18-29(19-11-22)20(2)21-8-5-4-6-9-21;/h4-6,8-9,20,22-23,30H,3,7,10-19H2,1-2H3,(H2,25,26,27);1H. The number of hydrogen-bond acceptors (Lipinski definition) is 4. The Bertz CT molecular complexity index is 628. The first-order valence-electron chi connectivity index (χ1n) is 11.9. The van der Waals surface area contributed by atoms with E-state index in [1.54, 1.807) is 0 Å². The number of nitrogens with one attached hydrogen (secondary N) is 2. The maximum absolute atomic E-state index is 9.62. The van der Waals surface area contributed by atoms with Crippen molar-refractivity contribution in [3.63, 3.8) is 0 Å². The Morgan fingerprint density at radius 2 is 1.77 bits per heavy atom. The van der Waals surface area contributed by atoms with Crippen molar-refractivity contribution >= 4 is 29.9 Å². The summed E-state index contributed by atoms with van der Waals surface area (Å²) in [6.07, 6.45) is 5.10. The van der Waals surface area contributed by atoms with Gasteiger partial charge in [-0.25, -0.2) is 0 Å². The van der Waals surface area contributed by atoms with Gasteiger partial charge in [0.15, 0.2) is 5.96 Å². The molecule has 0 saturated carbocycles. The number of piperidine rings is 2. The van der Waals surface area contributed by atoms with Crippen LogP contribution in [0, 0.1) is 0 Å². The summed E-state index contributed by atoms with van der Waals surface area (Å²) in [6.45, 7) is 11.5. The fourth-order valence-corrected chi connectivity index (χ4v) is 4.51. The summed E-state index contributed by atoms with van der Waals surface area (Å²) < 4.78 is 0. The van der Waals surface area contributed by atoms with Crippen LogP contribution in [-0.4, -0.2) is 78.8 Å². The zero-order chi connectivity index (χ0) is 21.2. The fraction of sp³-hybridized carbons (Fsp3) is 0.708. The Kier molecular flexibility index (Phi) is 12.1. The molecule has 1 aromatic rings. The van der Waals surface area contributed by atoms with Gasteiger partial charge in [-0.05, 0) is 58.1 Å². The molecule has 0 radical (unpaired) electrons. The van der Waals surface area contributed by atoms with E-state index in [0.717, 1.165) is 83.9 Å². The maximum atomic E-state index is 9.62. The van der Waals surface area contributed by atoms with E-state index < -0.39 is 0 Å². The van der Waals surface area contributed by atoms with E-state index in [1.807, 2.05) is 0 Å². The van der Waals surface area contributed by atoms with Crippen molar-refractivity contribution in [1.82, 2.24) is 20.4 Å². The second-order valence-electron chi connectivity index (χ2n) is 8.73. The van der Waals surface area contributed by atoms with E-state index in [0.29, 0.717) is 12.1 Å². The highest BCUT2D eigenvalue weighted by Crippen LogP contribution is 2.24. The minimum atomic E-state index is -0.0917. The lowest BCUT2D eigenvalue weighted by Crippen LogP contribution is -2.49. The lowest BCUT2D eigenvalue weighted by atomic mass is 10.0. The second-order valence-corrected chi connectivity index (χ2v) is 8.73. The summed E-state index contributed by atoms with van der Waals surface area (Å²) in [5, 5.41) is 16.7. The van der Waals surface area contributed by atoms with Crippen molar-refractivity contribution in [3.05, 3.63) is 35.9 Å². The van der Waals surface area contributed by atoms with Gasteiger partial charge in [-0.15, -0.1) is 24.0 Å². The van der Waals surface area contributed by atoms with Gasteiger partial charge in [0.05, 0.1) is 6.10 Å². The molecule has 7 heteroatoms. The van der Waals surface area contributed by atoms with Crippen molar-refractivity contribution in [2.45, 2.75) is 64.1 Å². The average Bonchev–Trinajstić information content (AvgIpc) is 2.78. The molecule has 2 aliphatic rings. The Balaban J connectivity index is 0.00000341. The zero-order valence-electron chi connectivity index (χ0n) is 19.3. The Morgan fingerprint density at radius 1 is 1.10 bits per heavy atom. The number of rotatable bonds is 8. The zero-order valence-corrected chi connectivity index (χ0v) is 21.6. The molecule has 3 rings (SSSR count). The number of aliphatic hydroxyl groups excluding tert-OH is 1. The molecule has 6 nitrogen and oxygen atoms in total. The van der Waals surface area contributed by atoms with E-state index in [4.69, 9.17) is 4.99 Å². The summed E-state index contributed by atoms with van der Waals surface area (Å²) in [6, 6.07) is 11.8. The lowest BCUT2D eigenvalue weighted by molar-refractivity contribution is 0.0824. The molecule has 0 bridgehead atoms. The highest BCUT2D eigenvalue weighted by atomic mass is 127. The summed E-state index contributed by atoms with van der Waals surface area (Å²) in [5.74, 6) is 0.959. The minimum Gasteiger partial charge on any atom is -0.393 e. The van der Waals surface area contributed by atoms with Crippen molar-refractivity contribution in [2.75, 3.05) is 45.8 Å². The van der Waals surface area contributed by atoms with E-state index in [-0.39, 0.29) is 30.1 Å². The van der Waals surface area contributed by atoms with Crippen LogP contribution in [0.25, 0.3) is 0 Å². The molecular formula is C24H42IN5O. The van der Waals surface area contributed by atoms with Gasteiger partial charge in [-0.1, -0.05) is 30.3 Å². The number of halogens is 1. The number of benzene rings is 1. The molecular weight excluding hydrogens is 501 g/mol. The monoisotopic (exact) mass is 543 g/mol. The molecule has 0 amide bonds. The molecule has 1 aromatic carbocycles. The topological polar surface area (TPSA) is 63.1 Å². The first-order chi connectivity index (χ1) is 14.7. The van der Waals surface area contributed by atoms with Gasteiger partial charge in [0.2, 0.25) is 0 Å². The Hall–Kier alpha value is -0.900. The van der Waals surface area contributed by atoms with Crippen molar-refractivity contribution in [1.29, 1.82) is 0 Å². The van der Waals surface area contributed by atoms with Crippen molar-refractivity contribution in [2.24, 2.45) is 4.99 Å². The highest BCUT2D eigenvalue weighted by molar-refractivity contribution is 14.0. The average molecular weight is 544 g/mol. The number of aliphatic hydroxyl groups is 1. The van der Waals surface area contributed by atoms with Crippen molar-refractivity contribution < 1.29 is 5.11 Å². The lowest BCUT2D eigenvalue weighted by Gasteiger charge is -2.37. The van der Waals surface area contributed by atoms with Gasteiger partial charge < -0.3 is 20.6 Å². The quantitative estimate of drug-likeness (QED) is 0.204. The third-order valence-corrected chi connectivity index (χ3v) is 6.50. The van der Waals surface area contributed by atoms with Gasteiger partial charge >= 0.3 is 0 Å². The van der Waals surface area contributed by atoms with E-state index in [2.05, 4.69) is 64.6 Å². The SMILES string of the molecule is CCNC(=NCCCN1CCC(O)CC1)NC1CCN(C(C)c2ccccc2)CC1.I. The highest BCUT2D eigenvalue weighted by Gasteiger charge is 2.24. The first kappa shape index (κ1) is 26.4. The van der Waals surface area contributed by atoms with Crippen LogP contribution < -0.4 is 10.6 Å². The molecule has 3 N–H and O–H groups in total. The predicted octanol–water partition coefficient (Wildman–Crippen LogP) is 3.23. The molecule has 2 aliphatic heterocycles. The molecule has 176 valence electrons. The first-order valence-corrected chi connectivity index (χ1v) is 11.9. The third-order valence-electron chi connectivity index (χ3n) is 6.50. The molecule has 1 atom stereocenters. The fourth-order valence-electron chi connectivity index (χ4n) is 4.51. The van der Waals surface area contributed by atoms with E-state index in [9.17, 15) is 5.11 Å². The normalized spacial score (nSPS) is 20.8. The number of guanidine groups is 1. The van der Waals surface area contributed by atoms with Crippen LogP contribution in [-0.2, 0) is 0 Å². The summed E-state index contributed by atoms with van der Waals surface area (Å²) in [7, 11) is 0. The number of nitrogens with zero attached hydrogens (tertiary/aromatic N) is 3. The van der Waals surface area contributed by atoms with Crippen LogP contribution >= 0.6 is 24.0 Å². The molecule has 0 aliphatic carbocycles. The van der Waals surface area contributed by atoms with Gasteiger partial charge in [0.25, 0.3) is 0 Å². The molecule has 31 heavy (non-hydrogen) atoms. The number of likely N-dealkylation sites (tertiary alicyclic amines) is 2. The molecule has 2 saturated heterocycles. The number of aliphatic imine (C=N–C) groups is 1. The summed E-state index contributed by atoms with van der Waals surface area (Å²) >= 11 is 0. The second kappa shape index (κ2) is 14.3. The third kappa shape index (κ3) is 8.86. The largest absolute Gasteiger partial charge is 0.393 e. The summed E-state index contributed by atoms with van der Waals surface area (Å²) in [5.41, 5.74) is 1.40. The Labute approximate surface area is 205 Å². The van der Waals surface area contributed by atoms with E-state index in [1.165, 1.54) is 5.56 Å². The Morgan fingerprint density at radius 3 is 2.42 bits per heavy atom. The smallest absolute Gasteiger partial charge is 0.191 e. The molecule has 1 unspecified atom stereocenters. The van der Waals surface area contributed by atoms with E-state index >= 15 is 0 Å². The number of hydrogen-bond donors (Lipinski definition) is 3. The van der Waals surface area contributed by atoms with Crippen LogP contribution in [0.3, 0.4) is 0 Å². The van der Waals surface area contributed by atoms with Gasteiger partial charge in [0, 0.05) is 51.4 Å².